The molecule has 0 amide bonds. The summed E-state index contributed by atoms with van der Waals surface area (Å²) in [5, 5.41) is 2.05. The van der Waals surface area contributed by atoms with Crippen molar-refractivity contribution in [3.8, 4) is 11.5 Å². The molecule has 1 fully saturated rings. The molecule has 1 heterocycles. The van der Waals surface area contributed by atoms with Gasteiger partial charge in [-0.2, -0.15) is 4.41 Å². The van der Waals surface area contributed by atoms with Gasteiger partial charge in [0, 0.05) is 26.2 Å². The molecule has 0 bridgehead atoms. The summed E-state index contributed by atoms with van der Waals surface area (Å²) in [4.78, 5) is 17.9. The van der Waals surface area contributed by atoms with Crippen LogP contribution in [0.1, 0.15) is 12.8 Å². The van der Waals surface area contributed by atoms with Crippen LogP contribution < -0.4 is 14.7 Å². The van der Waals surface area contributed by atoms with Gasteiger partial charge in [0.2, 0.25) is 0 Å². The van der Waals surface area contributed by atoms with Gasteiger partial charge in [0.1, 0.15) is 22.7 Å². The predicted molar refractivity (Wildman–Crippen MR) is 138 cm³/mol. The Kier molecular flexibility index (Phi) is 7.97. The second-order valence-corrected chi connectivity index (χ2v) is 9.37. The van der Waals surface area contributed by atoms with Crippen molar-refractivity contribution < 1.29 is 22.8 Å². The zero-order valence-corrected chi connectivity index (χ0v) is 21.3. The van der Waals surface area contributed by atoms with E-state index in [-0.39, 0.29) is 11.8 Å². The second-order valence-electron chi connectivity index (χ2n) is 8.52. The van der Waals surface area contributed by atoms with Gasteiger partial charge in [0.25, 0.3) is 0 Å². The van der Waals surface area contributed by atoms with E-state index in [2.05, 4.69) is 10.0 Å². The molecular weight excluding hydrogens is 483 g/mol. The van der Waals surface area contributed by atoms with E-state index in [0.717, 1.165) is 23.4 Å². The average molecular weight is 513 g/mol. The number of carbonyl (C=O) groups is 1. The smallest absolute Gasteiger partial charge is 0.317 e. The van der Waals surface area contributed by atoms with Gasteiger partial charge >= 0.3 is 5.97 Å². The SMILES string of the molecule is COC(=O)C12CC(=CN)C(=Nc3ccc(F)cc3)C=C1CCN(N(C)SOc1cccc(OC)c1)C2. The standard InChI is InChI=1S/C26H29FN4O4S/c1-30(36-35-23-6-4-5-22(14-23)33-2)31-12-11-19-13-24(29-21-9-7-20(27)8-10-21)18(16-28)15-26(19,17-31)25(32)34-3/h4-10,13-14,16H,11-12,15,17,28H2,1-3H3. The van der Waals surface area contributed by atoms with Crippen LogP contribution in [0.15, 0.2) is 76.9 Å². The van der Waals surface area contributed by atoms with Gasteiger partial charge < -0.3 is 19.4 Å². The number of nitrogens with zero attached hydrogens (tertiary/aromatic N) is 3. The first kappa shape index (κ1) is 25.7. The molecule has 0 spiro atoms. The Morgan fingerprint density at radius 2 is 1.97 bits per heavy atom. The molecule has 2 aromatic rings. The van der Waals surface area contributed by atoms with E-state index in [4.69, 9.17) is 19.4 Å². The van der Waals surface area contributed by atoms with Crippen LogP contribution in [-0.4, -0.2) is 55.5 Å². The van der Waals surface area contributed by atoms with Crippen LogP contribution in [0.2, 0.25) is 0 Å². The molecule has 1 saturated heterocycles. The monoisotopic (exact) mass is 512 g/mol. The Balaban J connectivity index is 1.57. The maximum atomic E-state index is 13.3. The number of carbonyl (C=O) groups excluding carboxylic acids is 1. The van der Waals surface area contributed by atoms with Gasteiger partial charge in [0.15, 0.2) is 12.2 Å². The molecule has 0 saturated carbocycles. The molecule has 36 heavy (non-hydrogen) atoms. The Hall–Kier alpha value is -3.34. The first-order chi connectivity index (χ1) is 17.4. The summed E-state index contributed by atoms with van der Waals surface area (Å²) < 4.78 is 31.6. The molecule has 1 aliphatic heterocycles. The number of halogens is 1. The molecule has 2 aromatic carbocycles. The number of rotatable bonds is 7. The van der Waals surface area contributed by atoms with Crippen LogP contribution in [0, 0.1) is 11.2 Å². The van der Waals surface area contributed by atoms with Crippen LogP contribution >= 0.6 is 12.2 Å². The lowest BCUT2D eigenvalue weighted by Gasteiger charge is -2.46. The second kappa shape index (κ2) is 11.2. The van der Waals surface area contributed by atoms with Crippen LogP contribution in [0.4, 0.5) is 10.1 Å². The minimum absolute atomic E-state index is 0.328. The number of ether oxygens (including phenoxy) is 2. The summed E-state index contributed by atoms with van der Waals surface area (Å²) in [5.41, 5.74) is 8.00. The summed E-state index contributed by atoms with van der Waals surface area (Å²) in [6.45, 7) is 1.05. The Labute approximate surface area is 214 Å². The fraction of sp³-hybridized carbons (Fsp3) is 0.308. The molecular formula is C26H29FN4O4S. The Morgan fingerprint density at radius 3 is 2.67 bits per heavy atom. The number of esters is 1. The van der Waals surface area contributed by atoms with Crippen molar-refractivity contribution in [2.75, 3.05) is 34.4 Å². The lowest BCUT2D eigenvalue weighted by molar-refractivity contribution is -0.154. The highest BCUT2D eigenvalue weighted by Crippen LogP contribution is 2.46. The van der Waals surface area contributed by atoms with Crippen molar-refractivity contribution in [1.82, 2.24) is 9.42 Å². The third-order valence-electron chi connectivity index (χ3n) is 6.37. The number of hydrogen-bond donors (Lipinski definition) is 1. The highest BCUT2D eigenvalue weighted by molar-refractivity contribution is 7.92. The first-order valence-electron chi connectivity index (χ1n) is 11.4. The highest BCUT2D eigenvalue weighted by Gasteiger charge is 2.50. The van der Waals surface area contributed by atoms with E-state index in [1.807, 2.05) is 35.7 Å². The molecule has 8 nitrogen and oxygen atoms in total. The average Bonchev–Trinajstić information content (AvgIpc) is 2.91. The molecule has 2 aliphatic rings. The lowest BCUT2D eigenvalue weighted by atomic mass is 9.67. The minimum atomic E-state index is -0.912. The number of benzene rings is 2. The van der Waals surface area contributed by atoms with Crippen molar-refractivity contribution in [1.29, 1.82) is 0 Å². The molecule has 10 heteroatoms. The van der Waals surface area contributed by atoms with Crippen molar-refractivity contribution in [3.05, 3.63) is 77.8 Å². The predicted octanol–water partition coefficient (Wildman–Crippen LogP) is 4.43. The molecule has 1 unspecified atom stereocenters. The maximum absolute atomic E-state index is 13.3. The molecule has 0 aromatic heterocycles. The first-order valence-corrected chi connectivity index (χ1v) is 12.1. The lowest BCUT2D eigenvalue weighted by Crippen LogP contribution is -2.54. The van der Waals surface area contributed by atoms with Gasteiger partial charge in [-0.15, -0.1) is 0 Å². The van der Waals surface area contributed by atoms with Crippen LogP contribution in [0.25, 0.3) is 0 Å². The number of methoxy groups -OCH3 is 2. The number of allylic oxidation sites excluding steroid dienone is 2. The highest BCUT2D eigenvalue weighted by atomic mass is 32.2. The van der Waals surface area contributed by atoms with Crippen LogP contribution in [0.3, 0.4) is 0 Å². The van der Waals surface area contributed by atoms with Crippen molar-refractivity contribution in [2.45, 2.75) is 12.8 Å². The molecule has 1 atom stereocenters. The minimum Gasteiger partial charge on any atom is -0.497 e. The molecule has 0 radical (unpaired) electrons. The van der Waals surface area contributed by atoms with Gasteiger partial charge in [0.05, 0.1) is 25.6 Å². The fourth-order valence-corrected chi connectivity index (χ4v) is 4.97. The number of hydrogen-bond acceptors (Lipinski definition) is 9. The number of fused-ring (bicyclic) bond motifs is 1. The van der Waals surface area contributed by atoms with E-state index in [0.29, 0.717) is 48.8 Å². The molecule has 2 N–H and O–H groups in total. The zero-order valence-electron chi connectivity index (χ0n) is 20.4. The Morgan fingerprint density at radius 1 is 1.22 bits per heavy atom. The summed E-state index contributed by atoms with van der Waals surface area (Å²) in [7, 11) is 4.88. The third-order valence-corrected chi connectivity index (χ3v) is 7.09. The fourth-order valence-electron chi connectivity index (χ4n) is 4.44. The van der Waals surface area contributed by atoms with Crippen LogP contribution in [-0.2, 0) is 9.53 Å². The number of hydrazine groups is 1. The van der Waals surface area contributed by atoms with E-state index in [1.165, 1.54) is 25.4 Å². The number of nitrogens with two attached hydrogens (primary N) is 1. The number of piperidine rings is 1. The van der Waals surface area contributed by atoms with Crippen LogP contribution in [0.5, 0.6) is 11.5 Å². The molecule has 1 aliphatic carbocycles. The largest absolute Gasteiger partial charge is 0.497 e. The quantitative estimate of drug-likeness (QED) is 0.331. The van der Waals surface area contributed by atoms with E-state index >= 15 is 0 Å². The summed E-state index contributed by atoms with van der Waals surface area (Å²) in [5.74, 6) is 0.699. The molecule has 4 rings (SSSR count). The normalized spacial score (nSPS) is 22.3. The zero-order chi connectivity index (χ0) is 25.7. The van der Waals surface area contributed by atoms with Crippen molar-refractivity contribution >= 4 is 29.6 Å². The third kappa shape index (κ3) is 5.40. The van der Waals surface area contributed by atoms with E-state index < -0.39 is 5.41 Å². The number of aliphatic imine (C=N–C) groups is 1. The van der Waals surface area contributed by atoms with Gasteiger partial charge in [-0.25, -0.2) is 14.4 Å². The van der Waals surface area contributed by atoms with Gasteiger partial charge in [-0.1, -0.05) is 6.07 Å². The van der Waals surface area contributed by atoms with Gasteiger partial charge in [-0.05, 0) is 72.7 Å². The van der Waals surface area contributed by atoms with E-state index in [1.54, 1.807) is 25.3 Å². The maximum Gasteiger partial charge on any atom is 0.317 e. The van der Waals surface area contributed by atoms with Crippen molar-refractivity contribution in [2.24, 2.45) is 16.1 Å². The Bertz CT molecular complexity index is 1200. The summed E-state index contributed by atoms with van der Waals surface area (Å²) in [6.07, 6.45) is 4.36. The van der Waals surface area contributed by atoms with Crippen molar-refractivity contribution in [3.63, 3.8) is 0 Å². The van der Waals surface area contributed by atoms with Gasteiger partial charge in [-0.3, -0.25) is 4.79 Å². The topological polar surface area (TPSA) is 89.6 Å². The summed E-state index contributed by atoms with van der Waals surface area (Å²) in [6, 6.07) is 13.3. The summed E-state index contributed by atoms with van der Waals surface area (Å²) >= 11 is 1.16. The van der Waals surface area contributed by atoms with E-state index in [9.17, 15) is 9.18 Å². The molecule has 190 valence electrons.